The van der Waals surface area contributed by atoms with Crippen LogP contribution in [0.3, 0.4) is 0 Å². The average molecular weight is 374 g/mol. The minimum Gasteiger partial charge on any atom is -0.369 e. The van der Waals surface area contributed by atoms with E-state index in [1.165, 1.54) is 5.56 Å². The number of imidazole rings is 1. The second-order valence-electron chi connectivity index (χ2n) is 7.16. The molecule has 1 saturated heterocycles. The van der Waals surface area contributed by atoms with Crippen LogP contribution in [0.2, 0.25) is 0 Å². The first-order chi connectivity index (χ1) is 13.8. The van der Waals surface area contributed by atoms with E-state index >= 15 is 0 Å². The summed E-state index contributed by atoms with van der Waals surface area (Å²) in [5.41, 5.74) is 5.34. The second kappa shape index (κ2) is 7.18. The van der Waals surface area contributed by atoms with E-state index in [1.807, 2.05) is 54.6 Å². The quantitative estimate of drug-likeness (QED) is 0.550. The summed E-state index contributed by atoms with van der Waals surface area (Å²) in [6, 6.07) is 10.2. The Morgan fingerprint density at radius 1 is 1.14 bits per heavy atom. The van der Waals surface area contributed by atoms with Gasteiger partial charge in [-0.25, -0.2) is 4.98 Å². The number of pyridine rings is 2. The van der Waals surface area contributed by atoms with Crippen molar-refractivity contribution in [1.29, 1.82) is 0 Å². The molecule has 1 fully saturated rings. The maximum atomic E-state index is 6.06. The number of fused-ring (bicyclic) bond motifs is 1. The van der Waals surface area contributed by atoms with E-state index in [9.17, 15) is 0 Å². The van der Waals surface area contributed by atoms with Crippen molar-refractivity contribution >= 4 is 5.65 Å². The second-order valence-corrected chi connectivity index (χ2v) is 7.16. The van der Waals surface area contributed by atoms with Gasteiger partial charge in [0.2, 0.25) is 0 Å². The molecule has 7 heteroatoms. The lowest BCUT2D eigenvalue weighted by Crippen LogP contribution is -2.37. The highest BCUT2D eigenvalue weighted by Gasteiger charge is 2.25. The van der Waals surface area contributed by atoms with Gasteiger partial charge in [-0.05, 0) is 24.3 Å². The molecule has 4 aromatic heterocycles. The van der Waals surface area contributed by atoms with Gasteiger partial charge in [-0.3, -0.25) is 19.0 Å². The molecular weight excluding hydrogens is 352 g/mol. The third kappa shape index (κ3) is 3.30. The Kier molecular flexibility index (Phi) is 4.38. The van der Waals surface area contributed by atoms with Gasteiger partial charge in [-0.2, -0.15) is 5.10 Å². The Morgan fingerprint density at radius 2 is 2.04 bits per heavy atom. The molecule has 0 unspecified atom stereocenters. The highest BCUT2D eigenvalue weighted by Crippen LogP contribution is 2.26. The molecular formula is C21H22N6O. The van der Waals surface area contributed by atoms with Crippen LogP contribution >= 0.6 is 0 Å². The van der Waals surface area contributed by atoms with Gasteiger partial charge in [-0.15, -0.1) is 0 Å². The molecule has 1 aliphatic heterocycles. The average Bonchev–Trinajstić information content (AvgIpc) is 3.34. The SMILES string of the molecule is Cn1cc(CN2CCO[C@@H](c3cn4c(-c5ccncc5)cccc4n3)C2)cn1. The molecule has 28 heavy (non-hydrogen) atoms. The Balaban J connectivity index is 1.41. The zero-order valence-electron chi connectivity index (χ0n) is 15.8. The first-order valence-corrected chi connectivity index (χ1v) is 9.46. The zero-order chi connectivity index (χ0) is 18.9. The predicted octanol–water partition coefficient (Wildman–Crippen LogP) is 2.70. The van der Waals surface area contributed by atoms with Gasteiger partial charge >= 0.3 is 0 Å². The van der Waals surface area contributed by atoms with Gasteiger partial charge in [0.25, 0.3) is 0 Å². The summed E-state index contributed by atoms with van der Waals surface area (Å²) in [5, 5.41) is 4.27. The molecule has 5 rings (SSSR count). The summed E-state index contributed by atoms with van der Waals surface area (Å²) >= 11 is 0. The molecule has 1 atom stereocenters. The summed E-state index contributed by atoms with van der Waals surface area (Å²) in [6.07, 6.45) is 9.69. The van der Waals surface area contributed by atoms with E-state index in [2.05, 4.69) is 37.8 Å². The highest BCUT2D eigenvalue weighted by molar-refractivity contribution is 5.63. The van der Waals surface area contributed by atoms with Crippen molar-refractivity contribution in [3.05, 3.63) is 72.6 Å². The van der Waals surface area contributed by atoms with Crippen LogP contribution in [0, 0.1) is 0 Å². The third-order valence-corrected chi connectivity index (χ3v) is 5.13. The number of aromatic nitrogens is 5. The summed E-state index contributed by atoms with van der Waals surface area (Å²) < 4.78 is 10.0. The molecule has 0 aromatic carbocycles. The zero-order valence-corrected chi connectivity index (χ0v) is 15.8. The van der Waals surface area contributed by atoms with Crippen LogP contribution in [0.1, 0.15) is 17.4 Å². The van der Waals surface area contributed by atoms with Crippen molar-refractivity contribution in [3.8, 4) is 11.3 Å². The van der Waals surface area contributed by atoms with Crippen LogP contribution in [0.4, 0.5) is 0 Å². The Hall–Kier alpha value is -3.03. The fourth-order valence-corrected chi connectivity index (χ4v) is 3.78. The number of aryl methyl sites for hydroxylation is 1. The first-order valence-electron chi connectivity index (χ1n) is 9.46. The molecule has 7 nitrogen and oxygen atoms in total. The maximum absolute atomic E-state index is 6.06. The smallest absolute Gasteiger partial charge is 0.137 e. The van der Waals surface area contributed by atoms with Crippen LogP contribution in [-0.2, 0) is 18.3 Å². The lowest BCUT2D eigenvalue weighted by molar-refractivity contribution is -0.0347. The van der Waals surface area contributed by atoms with Gasteiger partial charge < -0.3 is 4.74 Å². The summed E-state index contributed by atoms with van der Waals surface area (Å²) in [6.45, 7) is 3.32. The monoisotopic (exact) mass is 374 g/mol. The van der Waals surface area contributed by atoms with E-state index in [1.54, 1.807) is 0 Å². The van der Waals surface area contributed by atoms with Crippen molar-refractivity contribution in [2.24, 2.45) is 7.05 Å². The Labute approximate surface area is 163 Å². The summed E-state index contributed by atoms with van der Waals surface area (Å²) in [5.74, 6) is 0. The topological polar surface area (TPSA) is 60.5 Å². The fraction of sp³-hybridized carbons (Fsp3) is 0.286. The fourth-order valence-electron chi connectivity index (χ4n) is 3.78. The van der Waals surface area contributed by atoms with E-state index in [0.29, 0.717) is 6.61 Å². The molecule has 5 heterocycles. The predicted molar refractivity (Wildman–Crippen MR) is 106 cm³/mol. The normalized spacial score (nSPS) is 18.0. The van der Waals surface area contributed by atoms with Crippen LogP contribution < -0.4 is 0 Å². The van der Waals surface area contributed by atoms with Gasteiger partial charge in [0.05, 0.1) is 24.2 Å². The van der Waals surface area contributed by atoms with Gasteiger partial charge in [0, 0.05) is 62.6 Å². The van der Waals surface area contributed by atoms with Crippen molar-refractivity contribution in [2.75, 3.05) is 19.7 Å². The molecule has 0 spiro atoms. The van der Waals surface area contributed by atoms with E-state index in [-0.39, 0.29) is 6.10 Å². The third-order valence-electron chi connectivity index (χ3n) is 5.13. The number of morpholine rings is 1. The van der Waals surface area contributed by atoms with Crippen molar-refractivity contribution in [1.82, 2.24) is 29.0 Å². The Morgan fingerprint density at radius 3 is 2.86 bits per heavy atom. The standard InChI is InChI=1S/C21H22N6O/c1-25-12-16(11-23-25)13-26-9-10-28-20(15-26)18-14-27-19(3-2-4-21(27)24-18)17-5-7-22-8-6-17/h2-8,11-12,14,20H,9-10,13,15H2,1H3/t20-/m1/s1. The molecule has 0 radical (unpaired) electrons. The minimum absolute atomic E-state index is 0.0318. The number of rotatable bonds is 4. The van der Waals surface area contributed by atoms with Crippen molar-refractivity contribution in [3.63, 3.8) is 0 Å². The molecule has 1 aliphatic rings. The molecule has 4 aromatic rings. The van der Waals surface area contributed by atoms with E-state index in [0.717, 1.165) is 42.2 Å². The van der Waals surface area contributed by atoms with Crippen LogP contribution in [0.5, 0.6) is 0 Å². The molecule has 0 amide bonds. The number of hydrogen-bond acceptors (Lipinski definition) is 5. The van der Waals surface area contributed by atoms with Gasteiger partial charge in [0.1, 0.15) is 11.8 Å². The first kappa shape index (κ1) is 17.1. The number of ether oxygens (including phenoxy) is 1. The molecule has 0 N–H and O–H groups in total. The van der Waals surface area contributed by atoms with Gasteiger partial charge in [-0.1, -0.05) is 6.07 Å². The largest absolute Gasteiger partial charge is 0.369 e. The lowest BCUT2D eigenvalue weighted by atomic mass is 10.2. The van der Waals surface area contributed by atoms with E-state index < -0.39 is 0 Å². The summed E-state index contributed by atoms with van der Waals surface area (Å²) in [7, 11) is 1.95. The van der Waals surface area contributed by atoms with Crippen molar-refractivity contribution < 1.29 is 4.74 Å². The molecule has 0 saturated carbocycles. The molecule has 0 bridgehead atoms. The van der Waals surface area contributed by atoms with Crippen LogP contribution in [-0.4, -0.2) is 48.7 Å². The summed E-state index contributed by atoms with van der Waals surface area (Å²) in [4.78, 5) is 11.4. The maximum Gasteiger partial charge on any atom is 0.137 e. The Bertz CT molecular complexity index is 1090. The highest BCUT2D eigenvalue weighted by atomic mass is 16.5. The molecule has 142 valence electrons. The number of nitrogens with zero attached hydrogens (tertiary/aromatic N) is 6. The van der Waals surface area contributed by atoms with Crippen molar-refractivity contribution in [2.45, 2.75) is 12.6 Å². The minimum atomic E-state index is -0.0318. The van der Waals surface area contributed by atoms with E-state index in [4.69, 9.17) is 9.72 Å². The van der Waals surface area contributed by atoms with Gasteiger partial charge in [0.15, 0.2) is 0 Å². The lowest BCUT2D eigenvalue weighted by Gasteiger charge is -2.31. The van der Waals surface area contributed by atoms with Crippen LogP contribution in [0.25, 0.3) is 16.9 Å². The number of hydrogen-bond donors (Lipinski definition) is 0. The molecule has 0 aliphatic carbocycles. The van der Waals surface area contributed by atoms with Crippen LogP contribution in [0.15, 0.2) is 61.3 Å².